The van der Waals surface area contributed by atoms with Crippen LogP contribution in [0.25, 0.3) is 5.57 Å². The van der Waals surface area contributed by atoms with Crippen molar-refractivity contribution in [2.45, 2.75) is 46.1 Å². The van der Waals surface area contributed by atoms with Crippen molar-refractivity contribution in [2.75, 3.05) is 7.11 Å². The first-order valence-corrected chi connectivity index (χ1v) is 8.97. The minimum Gasteiger partial charge on any atom is -0.490 e. The van der Waals surface area contributed by atoms with E-state index in [0.29, 0.717) is 29.9 Å². The second-order valence-electron chi connectivity index (χ2n) is 7.58. The molecule has 3 rings (SSSR count). The Morgan fingerprint density at radius 2 is 2.04 bits per heavy atom. The summed E-state index contributed by atoms with van der Waals surface area (Å²) in [5.74, 6) is 0.723. The maximum Gasteiger partial charge on any atom is 0.420 e. The van der Waals surface area contributed by atoms with Gasteiger partial charge < -0.3 is 9.47 Å². The van der Waals surface area contributed by atoms with Gasteiger partial charge in [-0.3, -0.25) is 10.1 Å². The highest BCUT2D eigenvalue weighted by atomic mass is 16.6. The number of carbonyl (C=O) groups excluding carboxylic acids is 1. The topological polar surface area (TPSA) is 96.5 Å². The Balaban J connectivity index is 2.05. The third-order valence-corrected chi connectivity index (χ3v) is 4.43. The second kappa shape index (κ2) is 7.10. The minimum atomic E-state index is -0.623. The lowest BCUT2D eigenvalue weighted by atomic mass is 9.88. The Morgan fingerprint density at radius 1 is 1.32 bits per heavy atom. The summed E-state index contributed by atoms with van der Waals surface area (Å²) in [4.78, 5) is 28.1. The fourth-order valence-corrected chi connectivity index (χ4v) is 3.30. The largest absolute Gasteiger partial charge is 0.490 e. The minimum absolute atomic E-state index is 0.0195. The summed E-state index contributed by atoms with van der Waals surface area (Å²) in [6.07, 6.45) is 4.26. The third-order valence-electron chi connectivity index (χ3n) is 4.43. The summed E-state index contributed by atoms with van der Waals surface area (Å²) >= 11 is 0. The van der Waals surface area contributed by atoms with Gasteiger partial charge in [-0.1, -0.05) is 6.08 Å². The molecule has 1 aromatic carbocycles. The average Bonchev–Trinajstić information content (AvgIpc) is 3.00. The van der Waals surface area contributed by atoms with Crippen molar-refractivity contribution in [2.24, 2.45) is 0 Å². The maximum atomic E-state index is 12.4. The maximum absolute atomic E-state index is 12.4. The van der Waals surface area contributed by atoms with Crippen molar-refractivity contribution in [1.29, 1.82) is 0 Å². The number of aromatic nitrogens is 2. The third kappa shape index (κ3) is 3.62. The van der Waals surface area contributed by atoms with Crippen LogP contribution in [-0.2, 0) is 11.2 Å². The van der Waals surface area contributed by atoms with Gasteiger partial charge in [0, 0.05) is 17.3 Å². The average molecular weight is 385 g/mol. The molecular weight excluding hydrogens is 362 g/mol. The van der Waals surface area contributed by atoms with Gasteiger partial charge in [-0.25, -0.2) is 14.3 Å². The number of nitro groups is 1. The number of carbonyl (C=O) groups is 1. The molecule has 8 nitrogen and oxygen atoms in total. The molecule has 0 N–H and O–H groups in total. The number of nitro benzene ring substituents is 1. The second-order valence-corrected chi connectivity index (χ2v) is 7.58. The van der Waals surface area contributed by atoms with Gasteiger partial charge in [0.05, 0.1) is 17.7 Å². The van der Waals surface area contributed by atoms with Crippen LogP contribution in [0.15, 0.2) is 24.4 Å². The molecule has 0 saturated carbocycles. The predicted molar refractivity (Wildman–Crippen MR) is 104 cm³/mol. The molecule has 1 aliphatic rings. The lowest BCUT2D eigenvalue weighted by Gasteiger charge is -2.19. The van der Waals surface area contributed by atoms with Gasteiger partial charge in [0.25, 0.3) is 0 Å². The molecule has 0 fully saturated rings. The highest BCUT2D eigenvalue weighted by Crippen LogP contribution is 2.41. The van der Waals surface area contributed by atoms with Crippen LogP contribution >= 0.6 is 0 Å². The summed E-state index contributed by atoms with van der Waals surface area (Å²) in [5.41, 5.74) is 2.04. The van der Waals surface area contributed by atoms with E-state index in [1.807, 2.05) is 6.08 Å². The highest BCUT2D eigenvalue weighted by Gasteiger charge is 2.29. The van der Waals surface area contributed by atoms with Crippen LogP contribution in [-0.4, -0.2) is 33.3 Å². The molecule has 0 unspecified atom stereocenters. The van der Waals surface area contributed by atoms with Gasteiger partial charge >= 0.3 is 11.8 Å². The van der Waals surface area contributed by atoms with Crippen molar-refractivity contribution >= 4 is 17.4 Å². The summed E-state index contributed by atoms with van der Waals surface area (Å²) in [5, 5.41) is 11.6. The predicted octanol–water partition coefficient (Wildman–Crippen LogP) is 4.27. The number of ether oxygens (including phenoxy) is 2. The SMILES string of the molecule is COc1ccc2c(c1[N+](=O)[O-])CCC=C2c1cn(C(=O)OC(C)(C)C)c(C)n1. The van der Waals surface area contributed by atoms with E-state index in [1.54, 1.807) is 46.0 Å². The molecule has 8 heteroatoms. The molecule has 1 aliphatic carbocycles. The van der Waals surface area contributed by atoms with Crippen LogP contribution < -0.4 is 4.74 Å². The molecule has 0 saturated heterocycles. The smallest absolute Gasteiger partial charge is 0.420 e. The van der Waals surface area contributed by atoms with Crippen molar-refractivity contribution < 1.29 is 19.2 Å². The number of methoxy groups -OCH3 is 1. The first-order valence-electron chi connectivity index (χ1n) is 8.97. The fraction of sp³-hybridized carbons (Fsp3) is 0.400. The Bertz CT molecular complexity index is 982. The van der Waals surface area contributed by atoms with E-state index in [-0.39, 0.29) is 11.4 Å². The Morgan fingerprint density at radius 3 is 2.64 bits per heavy atom. The molecule has 2 aromatic rings. The molecule has 0 spiro atoms. The number of imidazole rings is 1. The zero-order valence-electron chi connectivity index (χ0n) is 16.6. The van der Waals surface area contributed by atoms with Crippen LogP contribution in [0.3, 0.4) is 0 Å². The van der Waals surface area contributed by atoms with E-state index in [1.165, 1.54) is 11.7 Å². The zero-order valence-corrected chi connectivity index (χ0v) is 16.6. The Hall–Kier alpha value is -3.16. The number of rotatable bonds is 3. The van der Waals surface area contributed by atoms with Gasteiger partial charge in [-0.05, 0) is 58.2 Å². The van der Waals surface area contributed by atoms with Crippen LogP contribution in [0.1, 0.15) is 49.8 Å². The first kappa shape index (κ1) is 19.6. The zero-order chi connectivity index (χ0) is 20.6. The van der Waals surface area contributed by atoms with Gasteiger partial charge in [-0.2, -0.15) is 0 Å². The number of fused-ring (bicyclic) bond motifs is 1. The van der Waals surface area contributed by atoms with Crippen LogP contribution in [0, 0.1) is 17.0 Å². The lowest BCUT2D eigenvalue weighted by molar-refractivity contribution is -0.386. The van der Waals surface area contributed by atoms with Crippen LogP contribution in [0.4, 0.5) is 10.5 Å². The molecular formula is C20H23N3O5. The molecule has 1 aromatic heterocycles. The molecule has 0 amide bonds. The van der Waals surface area contributed by atoms with Crippen molar-refractivity contribution in [3.05, 3.63) is 57.2 Å². The number of hydrogen-bond acceptors (Lipinski definition) is 6. The number of hydrogen-bond donors (Lipinski definition) is 0. The number of aryl methyl sites for hydroxylation is 1. The molecule has 0 aliphatic heterocycles. The van der Waals surface area contributed by atoms with Gasteiger partial charge in [-0.15, -0.1) is 0 Å². The van der Waals surface area contributed by atoms with Gasteiger partial charge in [0.15, 0.2) is 5.75 Å². The molecule has 0 radical (unpaired) electrons. The normalized spacial score (nSPS) is 13.5. The quantitative estimate of drug-likeness (QED) is 0.578. The molecule has 28 heavy (non-hydrogen) atoms. The highest BCUT2D eigenvalue weighted by molar-refractivity contribution is 5.85. The Labute approximate surface area is 162 Å². The molecule has 1 heterocycles. The number of nitrogens with zero attached hydrogens (tertiary/aromatic N) is 3. The standard InChI is InChI=1S/C20H23N3O5/c1-12-21-16(11-22(12)19(24)28-20(2,3)4)14-7-6-8-15-13(14)9-10-17(27-5)18(15)23(25)26/h7,9-11H,6,8H2,1-5H3. The molecule has 0 atom stereocenters. The van der Waals surface area contributed by atoms with Crippen LogP contribution in [0.2, 0.25) is 0 Å². The molecule has 148 valence electrons. The Kier molecular flexibility index (Phi) is 4.97. The van der Waals surface area contributed by atoms with E-state index in [9.17, 15) is 14.9 Å². The van der Waals surface area contributed by atoms with Crippen molar-refractivity contribution in [1.82, 2.24) is 9.55 Å². The fourth-order valence-electron chi connectivity index (χ4n) is 3.30. The van der Waals surface area contributed by atoms with E-state index < -0.39 is 16.6 Å². The first-order chi connectivity index (χ1) is 13.1. The monoisotopic (exact) mass is 385 g/mol. The molecule has 0 bridgehead atoms. The number of benzene rings is 1. The van der Waals surface area contributed by atoms with Crippen LogP contribution in [0.5, 0.6) is 5.75 Å². The summed E-state index contributed by atoms with van der Waals surface area (Å²) < 4.78 is 11.9. The summed E-state index contributed by atoms with van der Waals surface area (Å²) in [6, 6.07) is 3.39. The van der Waals surface area contributed by atoms with Crippen molar-refractivity contribution in [3.8, 4) is 5.75 Å². The lowest BCUT2D eigenvalue weighted by Crippen LogP contribution is -2.27. The van der Waals surface area contributed by atoms with E-state index in [2.05, 4.69) is 4.98 Å². The summed E-state index contributed by atoms with van der Waals surface area (Å²) in [7, 11) is 1.42. The summed E-state index contributed by atoms with van der Waals surface area (Å²) in [6.45, 7) is 7.10. The van der Waals surface area contributed by atoms with E-state index in [0.717, 1.165) is 11.1 Å². The number of allylic oxidation sites excluding steroid dienone is 1. The van der Waals surface area contributed by atoms with Crippen molar-refractivity contribution in [3.63, 3.8) is 0 Å². The van der Waals surface area contributed by atoms with Gasteiger partial charge in [0.1, 0.15) is 11.4 Å². The van der Waals surface area contributed by atoms with E-state index in [4.69, 9.17) is 9.47 Å². The van der Waals surface area contributed by atoms with E-state index >= 15 is 0 Å². The van der Waals surface area contributed by atoms with Gasteiger partial charge in [0.2, 0.25) is 0 Å².